The Kier molecular flexibility index (Phi) is 5.27. The van der Waals surface area contributed by atoms with Gasteiger partial charge in [-0.15, -0.1) is 0 Å². The van der Waals surface area contributed by atoms with Gasteiger partial charge in [-0.1, -0.05) is 11.6 Å². The van der Waals surface area contributed by atoms with E-state index >= 15 is 0 Å². The Bertz CT molecular complexity index is 506. The number of halogens is 1. The summed E-state index contributed by atoms with van der Waals surface area (Å²) in [5, 5.41) is 11.5. The van der Waals surface area contributed by atoms with Crippen LogP contribution in [0.4, 0.5) is 4.79 Å². The van der Waals surface area contributed by atoms with Crippen LogP contribution in [0.15, 0.2) is 24.3 Å². The molecule has 1 aromatic carbocycles. The fraction of sp³-hybridized carbons (Fsp3) is 0.429. The molecule has 1 heterocycles. The third-order valence-corrected chi connectivity index (χ3v) is 3.61. The highest BCUT2D eigenvalue weighted by Gasteiger charge is 2.26. The van der Waals surface area contributed by atoms with E-state index in [1.165, 1.54) is 0 Å². The molecule has 2 amide bonds. The van der Waals surface area contributed by atoms with Gasteiger partial charge in [0.1, 0.15) is 5.75 Å². The van der Waals surface area contributed by atoms with E-state index < -0.39 is 6.09 Å². The molecule has 7 heteroatoms. The van der Waals surface area contributed by atoms with Gasteiger partial charge in [0, 0.05) is 24.7 Å². The van der Waals surface area contributed by atoms with Gasteiger partial charge in [-0.25, -0.2) is 4.79 Å². The van der Waals surface area contributed by atoms with Crippen LogP contribution in [0.5, 0.6) is 5.75 Å². The Balaban J connectivity index is 1.74. The molecule has 1 aliphatic rings. The van der Waals surface area contributed by atoms with Crippen molar-refractivity contribution in [1.29, 1.82) is 0 Å². The van der Waals surface area contributed by atoms with E-state index in [9.17, 15) is 9.59 Å². The average Bonchev–Trinajstić information content (AvgIpc) is 2.93. The first-order valence-corrected chi connectivity index (χ1v) is 7.05. The van der Waals surface area contributed by atoms with E-state index in [0.717, 1.165) is 6.42 Å². The van der Waals surface area contributed by atoms with Crippen molar-refractivity contribution in [3.05, 3.63) is 29.3 Å². The van der Waals surface area contributed by atoms with Crippen LogP contribution in [0.2, 0.25) is 5.02 Å². The summed E-state index contributed by atoms with van der Waals surface area (Å²) in [6.45, 7) is 1.54. The molecule has 0 aromatic heterocycles. The number of likely N-dealkylation sites (tertiary alicyclic amines) is 1. The molecule has 1 aliphatic heterocycles. The van der Waals surface area contributed by atoms with Crippen molar-refractivity contribution >= 4 is 23.6 Å². The van der Waals surface area contributed by atoms with E-state index in [-0.39, 0.29) is 18.4 Å². The second-order valence-corrected chi connectivity index (χ2v) is 5.36. The first kappa shape index (κ1) is 15.4. The summed E-state index contributed by atoms with van der Waals surface area (Å²) in [6, 6.07) is 6.81. The second kappa shape index (κ2) is 7.17. The second-order valence-electron chi connectivity index (χ2n) is 4.92. The number of rotatable bonds is 5. The topological polar surface area (TPSA) is 78.9 Å². The number of hydrogen-bond donors (Lipinski definition) is 2. The largest absolute Gasteiger partial charge is 0.484 e. The minimum atomic E-state index is -1.04. The smallest absolute Gasteiger partial charge is 0.404 e. The SMILES string of the molecule is O=C(O)NCC1CCN(C(=O)COc2ccc(Cl)cc2)C1. The maximum absolute atomic E-state index is 12.0. The normalized spacial score (nSPS) is 17.6. The summed E-state index contributed by atoms with van der Waals surface area (Å²) in [5.74, 6) is 0.666. The number of nitrogens with one attached hydrogen (secondary N) is 1. The van der Waals surface area contributed by atoms with Crippen molar-refractivity contribution in [2.24, 2.45) is 5.92 Å². The van der Waals surface area contributed by atoms with E-state index in [1.807, 2.05) is 0 Å². The maximum Gasteiger partial charge on any atom is 0.404 e. The van der Waals surface area contributed by atoms with Gasteiger partial charge in [0.25, 0.3) is 5.91 Å². The van der Waals surface area contributed by atoms with Crippen LogP contribution in [-0.2, 0) is 4.79 Å². The molecule has 2 N–H and O–H groups in total. The molecule has 2 rings (SSSR count). The van der Waals surface area contributed by atoms with Crippen molar-refractivity contribution < 1.29 is 19.4 Å². The first-order valence-electron chi connectivity index (χ1n) is 6.67. The van der Waals surface area contributed by atoms with Crippen LogP contribution in [0, 0.1) is 5.92 Å². The zero-order valence-electron chi connectivity index (χ0n) is 11.4. The fourth-order valence-corrected chi connectivity index (χ4v) is 2.35. The summed E-state index contributed by atoms with van der Waals surface area (Å²) < 4.78 is 5.41. The zero-order chi connectivity index (χ0) is 15.2. The number of ether oxygens (including phenoxy) is 1. The lowest BCUT2D eigenvalue weighted by Gasteiger charge is -2.17. The van der Waals surface area contributed by atoms with Gasteiger partial charge in [-0.3, -0.25) is 4.79 Å². The summed E-state index contributed by atoms with van der Waals surface area (Å²) in [6.07, 6.45) is -0.238. The van der Waals surface area contributed by atoms with Crippen molar-refractivity contribution in [1.82, 2.24) is 10.2 Å². The van der Waals surface area contributed by atoms with Gasteiger partial charge in [0.05, 0.1) is 0 Å². The fourth-order valence-electron chi connectivity index (χ4n) is 2.22. The Morgan fingerprint density at radius 1 is 1.38 bits per heavy atom. The number of hydrogen-bond acceptors (Lipinski definition) is 3. The molecule has 0 radical (unpaired) electrons. The summed E-state index contributed by atoms with van der Waals surface area (Å²) in [4.78, 5) is 24.1. The van der Waals surface area contributed by atoms with E-state index in [4.69, 9.17) is 21.4 Å². The van der Waals surface area contributed by atoms with Crippen LogP contribution < -0.4 is 10.1 Å². The molecule has 0 saturated carbocycles. The molecule has 1 fully saturated rings. The average molecular weight is 313 g/mol. The Labute approximate surface area is 127 Å². The number of carbonyl (C=O) groups excluding carboxylic acids is 1. The minimum absolute atomic E-state index is 0.0271. The third kappa shape index (κ3) is 4.82. The monoisotopic (exact) mass is 312 g/mol. The Morgan fingerprint density at radius 3 is 2.76 bits per heavy atom. The lowest BCUT2D eigenvalue weighted by molar-refractivity contribution is -0.132. The summed E-state index contributed by atoms with van der Waals surface area (Å²) >= 11 is 5.77. The van der Waals surface area contributed by atoms with E-state index in [2.05, 4.69) is 5.32 Å². The number of carboxylic acid groups (broad SMARTS) is 1. The van der Waals surface area contributed by atoms with E-state index in [1.54, 1.807) is 29.2 Å². The standard InChI is InChI=1S/C14H17ClN2O4/c15-11-1-3-12(4-2-11)21-9-13(18)17-6-5-10(8-17)7-16-14(19)20/h1-4,10,16H,5-9H2,(H,19,20). The Hall–Kier alpha value is -1.95. The highest BCUT2D eigenvalue weighted by molar-refractivity contribution is 6.30. The molecule has 0 aliphatic carbocycles. The quantitative estimate of drug-likeness (QED) is 0.869. The molecule has 114 valence electrons. The lowest BCUT2D eigenvalue weighted by atomic mass is 10.1. The van der Waals surface area contributed by atoms with Gasteiger partial charge in [0.15, 0.2) is 6.61 Å². The lowest BCUT2D eigenvalue weighted by Crippen LogP contribution is -2.35. The molecule has 21 heavy (non-hydrogen) atoms. The highest BCUT2D eigenvalue weighted by Crippen LogP contribution is 2.17. The van der Waals surface area contributed by atoms with Crippen LogP contribution in [0.25, 0.3) is 0 Å². The minimum Gasteiger partial charge on any atom is -0.484 e. The number of amides is 2. The van der Waals surface area contributed by atoms with Gasteiger partial charge >= 0.3 is 6.09 Å². The third-order valence-electron chi connectivity index (χ3n) is 3.36. The summed E-state index contributed by atoms with van der Waals surface area (Å²) in [5.41, 5.74) is 0. The van der Waals surface area contributed by atoms with Crippen molar-refractivity contribution in [3.8, 4) is 5.75 Å². The molecular formula is C14H17ClN2O4. The molecule has 1 unspecified atom stereocenters. The predicted molar refractivity (Wildman–Crippen MR) is 77.7 cm³/mol. The zero-order valence-corrected chi connectivity index (χ0v) is 12.2. The van der Waals surface area contributed by atoms with Crippen LogP contribution in [0.1, 0.15) is 6.42 Å². The highest BCUT2D eigenvalue weighted by atomic mass is 35.5. The van der Waals surface area contributed by atoms with Crippen molar-refractivity contribution in [2.45, 2.75) is 6.42 Å². The van der Waals surface area contributed by atoms with Crippen LogP contribution in [0.3, 0.4) is 0 Å². The number of carbonyl (C=O) groups is 2. The van der Waals surface area contributed by atoms with Gasteiger partial charge < -0.3 is 20.1 Å². The van der Waals surface area contributed by atoms with Crippen molar-refractivity contribution in [3.63, 3.8) is 0 Å². The predicted octanol–water partition coefficient (Wildman–Crippen LogP) is 1.83. The molecule has 6 nitrogen and oxygen atoms in total. The van der Waals surface area contributed by atoms with Gasteiger partial charge in [-0.05, 0) is 36.6 Å². The van der Waals surface area contributed by atoms with Gasteiger partial charge in [-0.2, -0.15) is 0 Å². The molecule has 1 saturated heterocycles. The molecule has 0 spiro atoms. The molecular weight excluding hydrogens is 296 g/mol. The molecule has 0 bridgehead atoms. The van der Waals surface area contributed by atoms with Crippen LogP contribution >= 0.6 is 11.6 Å². The van der Waals surface area contributed by atoms with Crippen LogP contribution in [-0.4, -0.2) is 48.2 Å². The summed E-state index contributed by atoms with van der Waals surface area (Å²) in [7, 11) is 0. The van der Waals surface area contributed by atoms with Crippen molar-refractivity contribution in [2.75, 3.05) is 26.2 Å². The van der Waals surface area contributed by atoms with E-state index in [0.29, 0.717) is 30.4 Å². The maximum atomic E-state index is 12.0. The molecule has 1 aromatic rings. The molecule has 1 atom stereocenters. The van der Waals surface area contributed by atoms with Gasteiger partial charge in [0.2, 0.25) is 0 Å². The number of nitrogens with zero attached hydrogens (tertiary/aromatic N) is 1. The first-order chi connectivity index (χ1) is 10.0. The number of benzene rings is 1. The Morgan fingerprint density at radius 2 is 2.10 bits per heavy atom.